The molecule has 0 atom stereocenters. The number of hydrogen-bond acceptors (Lipinski definition) is 4. The van der Waals surface area contributed by atoms with E-state index in [1.807, 2.05) is 0 Å². The van der Waals surface area contributed by atoms with Gasteiger partial charge in [-0.2, -0.15) is 0 Å². The highest BCUT2D eigenvalue weighted by molar-refractivity contribution is 6.01. The zero-order valence-electron chi connectivity index (χ0n) is 8.82. The van der Waals surface area contributed by atoms with E-state index in [-0.39, 0.29) is 6.61 Å². The summed E-state index contributed by atoms with van der Waals surface area (Å²) in [5.74, 6) is 0.713. The van der Waals surface area contributed by atoms with Gasteiger partial charge in [0.15, 0.2) is 0 Å². The number of methoxy groups -OCH3 is 1. The van der Waals surface area contributed by atoms with E-state index in [0.29, 0.717) is 28.3 Å². The first-order chi connectivity index (χ1) is 7.63. The van der Waals surface area contributed by atoms with E-state index in [2.05, 4.69) is 0 Å². The van der Waals surface area contributed by atoms with Gasteiger partial charge in [-0.3, -0.25) is 4.79 Å². The number of carbonyl (C=O) groups excluding carboxylic acids is 1. The van der Waals surface area contributed by atoms with Gasteiger partial charge >= 0.3 is 0 Å². The summed E-state index contributed by atoms with van der Waals surface area (Å²) in [5, 5.41) is 0. The highest BCUT2D eigenvalue weighted by Gasteiger charge is 2.21. The van der Waals surface area contributed by atoms with Gasteiger partial charge in [-0.15, -0.1) is 0 Å². The van der Waals surface area contributed by atoms with Gasteiger partial charge < -0.3 is 20.9 Å². The number of fused-ring (bicyclic) bond motifs is 1. The predicted octanol–water partition coefficient (Wildman–Crippen LogP) is 0.243. The molecule has 0 fully saturated rings. The van der Waals surface area contributed by atoms with Crippen molar-refractivity contribution in [1.82, 2.24) is 0 Å². The van der Waals surface area contributed by atoms with Crippen molar-refractivity contribution >= 4 is 11.6 Å². The Labute approximate surface area is 92.6 Å². The lowest BCUT2D eigenvalue weighted by Gasteiger charge is -2.20. The number of hydrogen-bond donors (Lipinski definition) is 2. The molecule has 1 amide bonds. The fourth-order valence-corrected chi connectivity index (χ4v) is 1.57. The zero-order chi connectivity index (χ0) is 11.7. The van der Waals surface area contributed by atoms with Crippen molar-refractivity contribution in [1.29, 1.82) is 0 Å². The molecule has 4 N–H and O–H groups in total. The summed E-state index contributed by atoms with van der Waals surface area (Å²) in [4.78, 5) is 11.1. The van der Waals surface area contributed by atoms with Crippen molar-refractivity contribution in [2.75, 3.05) is 13.7 Å². The minimum atomic E-state index is -0.564. The molecule has 1 aliphatic rings. The second kappa shape index (κ2) is 3.77. The van der Waals surface area contributed by atoms with Gasteiger partial charge in [-0.25, -0.2) is 0 Å². The molecule has 1 heterocycles. The second-order valence-corrected chi connectivity index (χ2v) is 3.41. The Bertz CT molecular complexity index is 480. The first-order valence-corrected chi connectivity index (χ1v) is 4.73. The van der Waals surface area contributed by atoms with Crippen LogP contribution in [-0.4, -0.2) is 19.6 Å². The van der Waals surface area contributed by atoms with Crippen LogP contribution in [0.5, 0.6) is 11.5 Å². The first-order valence-electron chi connectivity index (χ1n) is 4.73. The largest absolute Gasteiger partial charge is 0.497 e. The van der Waals surface area contributed by atoms with Crippen LogP contribution in [0.15, 0.2) is 23.8 Å². The second-order valence-electron chi connectivity index (χ2n) is 3.41. The first kappa shape index (κ1) is 10.4. The molecule has 0 bridgehead atoms. The summed E-state index contributed by atoms with van der Waals surface area (Å²) in [6, 6.07) is 5.23. The number of rotatable bonds is 2. The van der Waals surface area contributed by atoms with Crippen LogP contribution < -0.4 is 20.9 Å². The molecule has 0 saturated heterocycles. The molecule has 0 aliphatic carbocycles. The quantitative estimate of drug-likeness (QED) is 0.747. The molecule has 0 spiro atoms. The maximum absolute atomic E-state index is 11.1. The van der Waals surface area contributed by atoms with E-state index in [4.69, 9.17) is 20.9 Å². The molecule has 2 rings (SSSR count). The normalized spacial score (nSPS) is 14.1. The van der Waals surface area contributed by atoms with E-state index >= 15 is 0 Å². The van der Waals surface area contributed by atoms with Gasteiger partial charge in [0, 0.05) is 5.56 Å². The lowest BCUT2D eigenvalue weighted by Crippen LogP contribution is -2.26. The molecular weight excluding hydrogens is 208 g/mol. The number of ether oxygens (including phenoxy) is 2. The van der Waals surface area contributed by atoms with Crippen LogP contribution in [0.2, 0.25) is 0 Å². The Morgan fingerprint density at radius 2 is 2.25 bits per heavy atom. The molecule has 5 heteroatoms. The molecule has 16 heavy (non-hydrogen) atoms. The number of amides is 1. The van der Waals surface area contributed by atoms with Crippen molar-refractivity contribution in [3.8, 4) is 11.5 Å². The molecule has 1 aromatic rings. The maximum atomic E-state index is 11.1. The van der Waals surface area contributed by atoms with E-state index < -0.39 is 5.91 Å². The maximum Gasteiger partial charge on any atom is 0.250 e. The Morgan fingerprint density at radius 1 is 1.50 bits per heavy atom. The fourth-order valence-electron chi connectivity index (χ4n) is 1.57. The predicted molar refractivity (Wildman–Crippen MR) is 58.8 cm³/mol. The molecule has 0 saturated carbocycles. The van der Waals surface area contributed by atoms with Crippen molar-refractivity contribution < 1.29 is 14.3 Å². The molecule has 84 valence electrons. The molecule has 1 aliphatic heterocycles. The summed E-state index contributed by atoms with van der Waals surface area (Å²) in [7, 11) is 1.56. The van der Waals surface area contributed by atoms with Crippen molar-refractivity contribution in [2.45, 2.75) is 0 Å². The van der Waals surface area contributed by atoms with Crippen LogP contribution in [0.4, 0.5) is 0 Å². The third-order valence-corrected chi connectivity index (χ3v) is 2.47. The molecule has 0 unspecified atom stereocenters. The van der Waals surface area contributed by atoms with Crippen molar-refractivity contribution in [3.63, 3.8) is 0 Å². The Kier molecular flexibility index (Phi) is 2.44. The third kappa shape index (κ3) is 1.56. The summed E-state index contributed by atoms with van der Waals surface area (Å²) in [5.41, 5.74) is 12.3. The molecule has 0 aromatic heterocycles. The SMILES string of the molecule is COc1ccc2c(c1)C(N)=C(C(N)=O)CO2. The number of carbonyl (C=O) groups is 1. The summed E-state index contributed by atoms with van der Waals surface area (Å²) in [6.07, 6.45) is 0. The van der Waals surface area contributed by atoms with Gasteiger partial charge in [0.25, 0.3) is 0 Å². The average Bonchev–Trinajstić information content (AvgIpc) is 2.28. The van der Waals surface area contributed by atoms with Gasteiger partial charge in [0.05, 0.1) is 18.4 Å². The highest BCUT2D eigenvalue weighted by atomic mass is 16.5. The lowest BCUT2D eigenvalue weighted by atomic mass is 10.0. The molecule has 5 nitrogen and oxygen atoms in total. The summed E-state index contributed by atoms with van der Waals surface area (Å²) < 4.78 is 10.4. The van der Waals surface area contributed by atoms with Gasteiger partial charge in [0.2, 0.25) is 5.91 Å². The molecular formula is C11H12N2O3. The molecule has 1 aromatic carbocycles. The lowest BCUT2D eigenvalue weighted by molar-refractivity contribution is -0.114. The number of benzene rings is 1. The average molecular weight is 220 g/mol. The minimum Gasteiger partial charge on any atom is -0.497 e. The van der Waals surface area contributed by atoms with E-state index in [1.54, 1.807) is 25.3 Å². The van der Waals surface area contributed by atoms with Crippen molar-refractivity contribution in [2.24, 2.45) is 11.5 Å². The Balaban J connectivity index is 2.55. The summed E-state index contributed by atoms with van der Waals surface area (Å²) in [6.45, 7) is 0.112. The van der Waals surface area contributed by atoms with Crippen LogP contribution in [0.25, 0.3) is 5.70 Å². The van der Waals surface area contributed by atoms with Crippen LogP contribution in [0.1, 0.15) is 5.56 Å². The van der Waals surface area contributed by atoms with E-state index in [9.17, 15) is 4.79 Å². The monoisotopic (exact) mass is 220 g/mol. The van der Waals surface area contributed by atoms with Crippen LogP contribution in [-0.2, 0) is 4.79 Å². The minimum absolute atomic E-state index is 0.112. The van der Waals surface area contributed by atoms with Gasteiger partial charge in [0.1, 0.15) is 18.1 Å². The van der Waals surface area contributed by atoms with Crippen LogP contribution in [0, 0.1) is 0 Å². The van der Waals surface area contributed by atoms with Crippen LogP contribution in [0.3, 0.4) is 0 Å². The topological polar surface area (TPSA) is 87.6 Å². The number of nitrogens with two attached hydrogens (primary N) is 2. The van der Waals surface area contributed by atoms with Gasteiger partial charge in [-0.05, 0) is 18.2 Å². The third-order valence-electron chi connectivity index (χ3n) is 2.47. The van der Waals surface area contributed by atoms with E-state index in [1.165, 1.54) is 0 Å². The molecule has 0 radical (unpaired) electrons. The standard InChI is InChI=1S/C11H12N2O3/c1-15-6-2-3-9-7(4-6)10(12)8(5-16-9)11(13)14/h2-4H,5,12H2,1H3,(H2,13,14). The fraction of sp³-hybridized carbons (Fsp3) is 0.182. The number of primary amides is 1. The summed E-state index contributed by atoms with van der Waals surface area (Å²) >= 11 is 0. The van der Waals surface area contributed by atoms with Crippen molar-refractivity contribution in [3.05, 3.63) is 29.3 Å². The Morgan fingerprint density at radius 3 is 2.88 bits per heavy atom. The van der Waals surface area contributed by atoms with Gasteiger partial charge in [-0.1, -0.05) is 0 Å². The Hall–Kier alpha value is -2.17. The zero-order valence-corrected chi connectivity index (χ0v) is 8.82. The van der Waals surface area contributed by atoms with Crippen LogP contribution >= 0.6 is 0 Å². The highest BCUT2D eigenvalue weighted by Crippen LogP contribution is 2.32. The smallest absolute Gasteiger partial charge is 0.250 e. The van der Waals surface area contributed by atoms with E-state index in [0.717, 1.165) is 0 Å².